The van der Waals surface area contributed by atoms with Crippen molar-refractivity contribution >= 4 is 10.8 Å². The van der Waals surface area contributed by atoms with Crippen molar-refractivity contribution in [3.05, 3.63) is 77.9 Å². The van der Waals surface area contributed by atoms with Gasteiger partial charge in [-0.2, -0.15) is 26.3 Å². The lowest BCUT2D eigenvalue weighted by Gasteiger charge is -2.22. The summed E-state index contributed by atoms with van der Waals surface area (Å²) in [5.74, 6) is -1.00. The second-order valence-electron chi connectivity index (χ2n) is 6.38. The number of hydrogen-bond donors (Lipinski definition) is 0. The molecule has 28 heavy (non-hydrogen) atoms. The molecule has 7 heteroatoms. The van der Waals surface area contributed by atoms with E-state index in [0.717, 1.165) is 0 Å². The fraction of sp³-hybridized carbons (Fsp3) is 0.238. The summed E-state index contributed by atoms with van der Waals surface area (Å²) in [5, 5.41) is 0.771. The molecule has 3 rings (SSSR count). The summed E-state index contributed by atoms with van der Waals surface area (Å²) < 4.78 is 82.2. The van der Waals surface area contributed by atoms with Crippen molar-refractivity contribution in [2.24, 2.45) is 0 Å². The largest absolute Gasteiger partial charge is 0.483 e. The predicted octanol–water partition coefficient (Wildman–Crippen LogP) is 6.87. The topological polar surface area (TPSA) is 9.23 Å². The third-order valence-corrected chi connectivity index (χ3v) is 4.32. The highest BCUT2D eigenvalue weighted by Crippen LogP contribution is 2.41. The first-order chi connectivity index (χ1) is 13.1. The van der Waals surface area contributed by atoms with Crippen molar-refractivity contribution in [1.29, 1.82) is 0 Å². The molecule has 0 aliphatic rings. The molecule has 0 N–H and O–H groups in total. The number of benzene rings is 3. The highest BCUT2D eigenvalue weighted by atomic mass is 19.4. The van der Waals surface area contributed by atoms with Crippen LogP contribution in [0.1, 0.15) is 23.5 Å². The lowest BCUT2D eigenvalue weighted by atomic mass is 9.85. The van der Waals surface area contributed by atoms with Crippen LogP contribution < -0.4 is 4.74 Å². The molecule has 0 aliphatic heterocycles. The Morgan fingerprint density at radius 1 is 0.679 bits per heavy atom. The third-order valence-electron chi connectivity index (χ3n) is 4.32. The molecule has 0 bridgehead atoms. The second-order valence-corrected chi connectivity index (χ2v) is 6.38. The van der Waals surface area contributed by atoms with Gasteiger partial charge in [-0.1, -0.05) is 60.7 Å². The summed E-state index contributed by atoms with van der Waals surface area (Å²) in [6, 6.07) is 17.3. The number of fused-ring (bicyclic) bond motifs is 1. The van der Waals surface area contributed by atoms with Gasteiger partial charge >= 0.3 is 12.4 Å². The van der Waals surface area contributed by atoms with E-state index in [-0.39, 0.29) is 5.75 Å². The van der Waals surface area contributed by atoms with Gasteiger partial charge in [-0.25, -0.2) is 0 Å². The summed E-state index contributed by atoms with van der Waals surface area (Å²) in [6.07, 6.45) is -10.0. The number of alkyl halides is 6. The Labute approximate surface area is 157 Å². The molecule has 3 aromatic carbocycles. The molecule has 0 fully saturated rings. The number of hydrogen-bond acceptors (Lipinski definition) is 1. The van der Waals surface area contributed by atoms with Crippen LogP contribution >= 0.6 is 0 Å². The summed E-state index contributed by atoms with van der Waals surface area (Å²) in [4.78, 5) is 0. The van der Waals surface area contributed by atoms with E-state index < -0.39 is 31.3 Å². The standard InChI is InChI=1S/C21H16F6O/c22-20(23,24)12-18(14-6-2-1-3-7-14)16-10-11-19(28-13-21(25,26)27)17-9-5-4-8-15(16)17/h1-11,18H,12-13H2/t18-/m0/s1. The van der Waals surface area contributed by atoms with Gasteiger partial charge in [0.1, 0.15) is 5.75 Å². The Morgan fingerprint density at radius 3 is 1.89 bits per heavy atom. The summed E-state index contributed by atoms with van der Waals surface area (Å²) in [7, 11) is 0. The van der Waals surface area contributed by atoms with Gasteiger partial charge in [-0.3, -0.25) is 0 Å². The molecular weight excluding hydrogens is 382 g/mol. The van der Waals surface area contributed by atoms with E-state index in [2.05, 4.69) is 0 Å². The average Bonchev–Trinajstić information content (AvgIpc) is 2.64. The van der Waals surface area contributed by atoms with Gasteiger partial charge in [0.25, 0.3) is 0 Å². The zero-order valence-corrected chi connectivity index (χ0v) is 14.5. The van der Waals surface area contributed by atoms with Crippen LogP contribution in [-0.4, -0.2) is 19.0 Å². The van der Waals surface area contributed by atoms with Gasteiger partial charge in [0.15, 0.2) is 6.61 Å². The van der Waals surface area contributed by atoms with Crippen molar-refractivity contribution in [2.75, 3.05) is 6.61 Å². The number of halogens is 6. The van der Waals surface area contributed by atoms with Crippen molar-refractivity contribution in [2.45, 2.75) is 24.7 Å². The smallest absolute Gasteiger partial charge is 0.422 e. The minimum absolute atomic E-state index is 0.0181. The lowest BCUT2D eigenvalue weighted by Crippen LogP contribution is -2.19. The van der Waals surface area contributed by atoms with E-state index in [9.17, 15) is 26.3 Å². The van der Waals surface area contributed by atoms with E-state index in [1.807, 2.05) is 0 Å². The van der Waals surface area contributed by atoms with Crippen LogP contribution in [0.4, 0.5) is 26.3 Å². The van der Waals surface area contributed by atoms with Crippen LogP contribution in [0.3, 0.4) is 0 Å². The van der Waals surface area contributed by atoms with Crippen LogP contribution in [0.5, 0.6) is 5.75 Å². The van der Waals surface area contributed by atoms with Crippen molar-refractivity contribution < 1.29 is 31.1 Å². The number of rotatable bonds is 5. The first-order valence-electron chi connectivity index (χ1n) is 8.47. The SMILES string of the molecule is FC(F)(F)COc1ccc([C@@H](CC(F)(F)F)c2ccccc2)c2ccccc12. The van der Waals surface area contributed by atoms with E-state index in [1.54, 1.807) is 54.6 Å². The molecule has 0 spiro atoms. The van der Waals surface area contributed by atoms with Crippen LogP contribution in [0.15, 0.2) is 66.7 Å². The first kappa shape index (κ1) is 20.0. The van der Waals surface area contributed by atoms with Crippen LogP contribution in [0.2, 0.25) is 0 Å². The monoisotopic (exact) mass is 398 g/mol. The van der Waals surface area contributed by atoms with Crippen LogP contribution in [-0.2, 0) is 0 Å². The van der Waals surface area contributed by atoms with Crippen molar-refractivity contribution in [3.8, 4) is 5.75 Å². The Hall–Kier alpha value is -2.70. The highest BCUT2D eigenvalue weighted by molar-refractivity contribution is 5.91. The summed E-state index contributed by atoms with van der Waals surface area (Å²) in [5.41, 5.74) is 0.868. The molecule has 0 heterocycles. The molecule has 0 amide bonds. The van der Waals surface area contributed by atoms with Crippen molar-refractivity contribution in [3.63, 3.8) is 0 Å². The van der Waals surface area contributed by atoms with E-state index in [4.69, 9.17) is 4.74 Å². The Balaban J connectivity index is 2.10. The zero-order valence-electron chi connectivity index (χ0n) is 14.5. The normalized spacial score (nSPS) is 13.5. The summed E-state index contributed by atoms with van der Waals surface area (Å²) >= 11 is 0. The molecule has 0 unspecified atom stereocenters. The molecule has 148 valence electrons. The molecule has 0 radical (unpaired) electrons. The van der Waals surface area contributed by atoms with E-state index >= 15 is 0 Å². The van der Waals surface area contributed by atoms with Gasteiger partial charge in [0, 0.05) is 11.3 Å². The second kappa shape index (κ2) is 7.73. The Morgan fingerprint density at radius 2 is 1.29 bits per heavy atom. The van der Waals surface area contributed by atoms with Gasteiger partial charge in [-0.15, -0.1) is 0 Å². The maximum atomic E-state index is 13.3. The van der Waals surface area contributed by atoms with E-state index in [0.29, 0.717) is 21.9 Å². The Bertz CT molecular complexity index is 931. The highest BCUT2D eigenvalue weighted by Gasteiger charge is 2.34. The predicted molar refractivity (Wildman–Crippen MR) is 94.5 cm³/mol. The minimum Gasteiger partial charge on any atom is -0.483 e. The fourth-order valence-corrected chi connectivity index (χ4v) is 3.21. The zero-order chi connectivity index (χ0) is 20.4. The molecule has 0 aromatic heterocycles. The molecule has 3 aromatic rings. The molecular formula is C21H16F6O. The van der Waals surface area contributed by atoms with Crippen LogP contribution in [0.25, 0.3) is 10.8 Å². The third kappa shape index (κ3) is 4.97. The molecule has 0 aliphatic carbocycles. The maximum Gasteiger partial charge on any atom is 0.422 e. The van der Waals surface area contributed by atoms with Crippen LogP contribution in [0, 0.1) is 0 Å². The summed E-state index contributed by atoms with van der Waals surface area (Å²) in [6.45, 7) is -1.47. The van der Waals surface area contributed by atoms with Gasteiger partial charge in [0.05, 0.1) is 6.42 Å². The fourth-order valence-electron chi connectivity index (χ4n) is 3.21. The molecule has 0 saturated heterocycles. The number of ether oxygens (including phenoxy) is 1. The maximum absolute atomic E-state index is 13.3. The minimum atomic E-state index is -4.51. The quantitative estimate of drug-likeness (QED) is 0.427. The average molecular weight is 398 g/mol. The molecule has 1 nitrogen and oxygen atoms in total. The molecule has 0 saturated carbocycles. The van der Waals surface area contributed by atoms with Gasteiger partial charge in [0.2, 0.25) is 0 Å². The van der Waals surface area contributed by atoms with E-state index in [1.165, 1.54) is 12.1 Å². The Kier molecular flexibility index (Phi) is 5.54. The van der Waals surface area contributed by atoms with Gasteiger partial charge < -0.3 is 4.74 Å². The molecule has 1 atom stereocenters. The lowest BCUT2D eigenvalue weighted by molar-refractivity contribution is -0.153. The van der Waals surface area contributed by atoms with Gasteiger partial charge in [-0.05, 0) is 22.6 Å². The van der Waals surface area contributed by atoms with Crippen molar-refractivity contribution in [1.82, 2.24) is 0 Å². The first-order valence-corrected chi connectivity index (χ1v) is 8.47.